The van der Waals surface area contributed by atoms with Gasteiger partial charge in [0.05, 0.1) is 17.2 Å². The molecule has 4 rings (SSSR count). The van der Waals surface area contributed by atoms with E-state index in [1.54, 1.807) is 18.2 Å². The van der Waals surface area contributed by atoms with E-state index in [0.717, 1.165) is 17.7 Å². The van der Waals surface area contributed by atoms with E-state index < -0.39 is 22.6 Å². The molecule has 0 spiro atoms. The van der Waals surface area contributed by atoms with Crippen molar-refractivity contribution in [3.05, 3.63) is 58.6 Å². The number of thiol groups is 1. The summed E-state index contributed by atoms with van der Waals surface area (Å²) in [4.78, 5) is 23.4. The van der Waals surface area contributed by atoms with Crippen molar-refractivity contribution in [2.75, 3.05) is 18.0 Å². The van der Waals surface area contributed by atoms with Gasteiger partial charge in [0.1, 0.15) is 12.1 Å². The summed E-state index contributed by atoms with van der Waals surface area (Å²) in [5.74, 6) is 0.136. The predicted molar refractivity (Wildman–Crippen MR) is 126 cm³/mol. The number of piperidine rings is 1. The van der Waals surface area contributed by atoms with Crippen LogP contribution in [-0.2, 0) is 11.0 Å². The lowest BCUT2D eigenvalue weighted by Gasteiger charge is -2.32. The van der Waals surface area contributed by atoms with E-state index in [0.29, 0.717) is 35.1 Å². The molecule has 0 aliphatic carbocycles. The first-order valence-electron chi connectivity index (χ1n) is 10.9. The Hall–Kier alpha value is -2.81. The number of nitrogens with two attached hydrogens (primary N) is 1. The number of allylic oxidation sites excluding steroid dienone is 3. The van der Waals surface area contributed by atoms with Crippen LogP contribution in [0.3, 0.4) is 0 Å². The Bertz CT molecular complexity index is 1110. The van der Waals surface area contributed by atoms with Crippen LogP contribution in [0.15, 0.2) is 58.0 Å². The van der Waals surface area contributed by atoms with Crippen LogP contribution in [0.5, 0.6) is 0 Å². The van der Waals surface area contributed by atoms with Crippen LogP contribution < -0.4 is 10.6 Å². The van der Waals surface area contributed by atoms with E-state index in [2.05, 4.69) is 9.97 Å². The number of rotatable bonds is 5. The van der Waals surface area contributed by atoms with Crippen LogP contribution in [0, 0.1) is 11.8 Å². The number of hydrogen-bond acceptors (Lipinski definition) is 4. The van der Waals surface area contributed by atoms with Crippen LogP contribution in [0.25, 0.3) is 11.3 Å². The molecule has 2 aliphatic heterocycles. The third-order valence-corrected chi connectivity index (χ3v) is 8.63. The second-order valence-corrected chi connectivity index (χ2v) is 10.7. The van der Waals surface area contributed by atoms with Gasteiger partial charge in [-0.2, -0.15) is 24.1 Å². The number of carbonyl (C=O) groups is 1. The minimum absolute atomic E-state index is 0.171. The fourth-order valence-corrected chi connectivity index (χ4v) is 6.67. The molecule has 1 amide bonds. The molecule has 5 nitrogen and oxygen atoms in total. The summed E-state index contributed by atoms with van der Waals surface area (Å²) in [7, 11) is -1.16. The first kappa shape index (κ1) is 23.4. The lowest BCUT2D eigenvalue weighted by Crippen LogP contribution is -2.41. The third-order valence-electron chi connectivity index (χ3n) is 6.03. The van der Waals surface area contributed by atoms with Crippen LogP contribution >= 0.6 is 10.9 Å². The molecule has 9 heteroatoms. The number of carbonyl (C=O) groups excluding carboxylic acids is 1. The lowest BCUT2D eigenvalue weighted by atomic mass is 9.97. The average molecular weight is 477 g/mol. The van der Waals surface area contributed by atoms with Gasteiger partial charge in [0.15, 0.2) is 0 Å². The van der Waals surface area contributed by atoms with Gasteiger partial charge < -0.3 is 10.6 Å². The van der Waals surface area contributed by atoms with Crippen molar-refractivity contribution in [3.8, 4) is 11.3 Å². The molecule has 1 aromatic heterocycles. The van der Waals surface area contributed by atoms with Gasteiger partial charge in [-0.25, -0.2) is 9.97 Å². The van der Waals surface area contributed by atoms with Crippen LogP contribution in [0.2, 0.25) is 0 Å². The molecular weight excluding hydrogens is 449 g/mol. The summed E-state index contributed by atoms with van der Waals surface area (Å²) in [6.45, 7) is 5.15. The third kappa shape index (κ3) is 4.93. The predicted octanol–water partition coefficient (Wildman–Crippen LogP) is 5.29. The lowest BCUT2D eigenvalue weighted by molar-refractivity contribution is -0.139. The number of hydrogen-bond donors (Lipinski definition) is 2. The number of nitrogens with zero attached hydrogens (tertiary/aromatic N) is 3. The van der Waals surface area contributed by atoms with Crippen molar-refractivity contribution in [3.63, 3.8) is 0 Å². The Morgan fingerprint density at radius 1 is 1.24 bits per heavy atom. The molecule has 1 fully saturated rings. The van der Waals surface area contributed by atoms with Gasteiger partial charge in [0.2, 0.25) is 5.91 Å². The molecule has 1 saturated heterocycles. The molecule has 2 unspecified atom stereocenters. The zero-order valence-electron chi connectivity index (χ0n) is 18.5. The Balaban J connectivity index is 1.69. The summed E-state index contributed by atoms with van der Waals surface area (Å²) in [5.41, 5.74) is 5.63. The van der Waals surface area contributed by atoms with Gasteiger partial charge in [0, 0.05) is 29.6 Å². The second kappa shape index (κ2) is 9.21. The first-order chi connectivity index (χ1) is 15.6. The molecule has 3 heterocycles. The van der Waals surface area contributed by atoms with Crippen molar-refractivity contribution < 1.29 is 18.0 Å². The number of aromatic nitrogens is 2. The van der Waals surface area contributed by atoms with E-state index in [1.165, 1.54) is 12.4 Å². The van der Waals surface area contributed by atoms with Gasteiger partial charge in [-0.1, -0.05) is 32.1 Å². The summed E-state index contributed by atoms with van der Waals surface area (Å²) in [6, 6.07) is 6.15. The summed E-state index contributed by atoms with van der Waals surface area (Å²) < 4.78 is 42.3. The largest absolute Gasteiger partial charge is 0.417 e. The zero-order valence-corrected chi connectivity index (χ0v) is 19.4. The number of alkyl halides is 3. The van der Waals surface area contributed by atoms with Gasteiger partial charge in [-0.15, -0.1) is 0 Å². The number of amides is 1. The highest BCUT2D eigenvalue weighted by Crippen LogP contribution is 2.55. The number of halogens is 3. The molecule has 0 bridgehead atoms. The van der Waals surface area contributed by atoms with Crippen molar-refractivity contribution in [1.82, 2.24) is 9.97 Å². The molecule has 2 aromatic rings. The second-order valence-electron chi connectivity index (χ2n) is 8.64. The molecule has 176 valence electrons. The average Bonchev–Trinajstić information content (AvgIpc) is 3.28. The Kier molecular flexibility index (Phi) is 6.52. The first-order valence-corrected chi connectivity index (χ1v) is 12.3. The summed E-state index contributed by atoms with van der Waals surface area (Å²) >= 11 is 0. The van der Waals surface area contributed by atoms with Crippen LogP contribution in [0.1, 0.15) is 32.3 Å². The molecular formula is C24H27F3N4OS. The monoisotopic (exact) mass is 476 g/mol. The van der Waals surface area contributed by atoms with E-state index >= 15 is 0 Å². The normalized spacial score (nSPS) is 22.0. The maximum atomic E-state index is 14.1. The maximum Gasteiger partial charge on any atom is 0.417 e. The van der Waals surface area contributed by atoms with Gasteiger partial charge in [-0.05, 0) is 41.2 Å². The van der Waals surface area contributed by atoms with Gasteiger partial charge >= 0.3 is 6.18 Å². The number of benzene rings is 1. The van der Waals surface area contributed by atoms with Crippen molar-refractivity contribution >= 4 is 22.6 Å². The van der Waals surface area contributed by atoms with E-state index in [-0.39, 0.29) is 17.7 Å². The summed E-state index contributed by atoms with van der Waals surface area (Å²) in [5, 5.41) is 1.88. The Labute approximate surface area is 193 Å². The smallest absolute Gasteiger partial charge is 0.369 e. The fraction of sp³-hybridized carbons (Fsp3) is 0.375. The molecule has 2 aliphatic rings. The maximum absolute atomic E-state index is 14.1. The van der Waals surface area contributed by atoms with Gasteiger partial charge in [-0.3, -0.25) is 4.79 Å². The number of anilines is 1. The van der Waals surface area contributed by atoms with Crippen molar-refractivity contribution in [1.29, 1.82) is 0 Å². The van der Waals surface area contributed by atoms with Crippen LogP contribution in [0.4, 0.5) is 19.0 Å². The molecule has 2 atom stereocenters. The summed E-state index contributed by atoms with van der Waals surface area (Å²) in [6.07, 6.45) is 2.17. The molecule has 2 N–H and O–H groups in total. The van der Waals surface area contributed by atoms with Crippen LogP contribution in [-0.4, -0.2) is 29.0 Å². The Morgan fingerprint density at radius 3 is 2.73 bits per heavy atom. The molecule has 0 saturated carbocycles. The van der Waals surface area contributed by atoms with E-state index in [4.69, 9.17) is 5.73 Å². The quantitative estimate of drug-likeness (QED) is 0.575. The molecule has 33 heavy (non-hydrogen) atoms. The van der Waals surface area contributed by atoms with Crippen molar-refractivity contribution in [2.24, 2.45) is 17.6 Å². The van der Waals surface area contributed by atoms with E-state index in [1.807, 2.05) is 36.3 Å². The SMILES string of the molecule is CC(C)C1=CC=C[SH]1c1ccc(-c2cc(N3CCCC(C(N)=O)C3)ncn2)cc1C(F)(F)F. The minimum Gasteiger partial charge on any atom is -0.369 e. The Morgan fingerprint density at radius 2 is 2.03 bits per heavy atom. The highest BCUT2D eigenvalue weighted by Gasteiger charge is 2.36. The number of primary amides is 1. The topological polar surface area (TPSA) is 72.1 Å². The fourth-order valence-electron chi connectivity index (χ4n) is 4.31. The highest BCUT2D eigenvalue weighted by molar-refractivity contribution is 8.23. The molecule has 1 aromatic carbocycles. The zero-order chi connectivity index (χ0) is 23.8. The molecule has 0 radical (unpaired) electrons. The van der Waals surface area contributed by atoms with Gasteiger partial charge in [0.25, 0.3) is 0 Å². The van der Waals surface area contributed by atoms with Crippen molar-refractivity contribution in [2.45, 2.75) is 37.8 Å². The minimum atomic E-state index is -4.48. The highest BCUT2D eigenvalue weighted by atomic mass is 32.2. The van der Waals surface area contributed by atoms with E-state index in [9.17, 15) is 18.0 Å². The standard InChI is InChI=1S/C24H27F3N4OS/c1-15(2)20-6-4-10-33(20)21-8-7-16(11-18(21)24(25,26)27)19-12-22(30-14-29-19)31-9-3-5-17(13-31)23(28)32/h4,6-8,10-12,14-15,17,33H,3,5,9,13H2,1-2H3,(H2,28,32).